The van der Waals surface area contributed by atoms with Crippen LogP contribution in [0, 0.1) is 5.41 Å². The third kappa shape index (κ3) is 5.06. The van der Waals surface area contributed by atoms with Crippen LogP contribution >= 0.6 is 11.8 Å². The summed E-state index contributed by atoms with van der Waals surface area (Å²) >= 11 is 1.35. The van der Waals surface area contributed by atoms with E-state index in [1.54, 1.807) is 26.2 Å². The van der Waals surface area contributed by atoms with Crippen LogP contribution in [0.2, 0.25) is 0 Å². The molecular weight excluding hydrogens is 352 g/mol. The molecule has 7 heteroatoms. The average molecular weight is 378 g/mol. The summed E-state index contributed by atoms with van der Waals surface area (Å²) in [5.41, 5.74) is 0.366. The molecule has 1 aromatic heterocycles. The van der Waals surface area contributed by atoms with Gasteiger partial charge in [-0.3, -0.25) is 14.6 Å². The Labute approximate surface area is 158 Å². The molecule has 0 spiro atoms. The highest BCUT2D eigenvalue weighted by Gasteiger charge is 2.42. The molecule has 1 aromatic rings. The molecule has 1 saturated heterocycles. The molecule has 1 aliphatic heterocycles. The topological polar surface area (TPSA) is 76.6 Å². The number of amides is 1. The summed E-state index contributed by atoms with van der Waals surface area (Å²) < 4.78 is 5.33. The van der Waals surface area contributed by atoms with E-state index in [9.17, 15) is 14.4 Å². The molecule has 26 heavy (non-hydrogen) atoms. The normalized spacial score (nSPS) is 17.2. The zero-order valence-corrected chi connectivity index (χ0v) is 16.4. The van der Waals surface area contributed by atoms with Crippen molar-refractivity contribution in [1.82, 2.24) is 9.88 Å². The number of Topliss-reactive ketones (excluding diaryl/α,β-unsaturated/α-hetero) is 1. The quantitative estimate of drug-likeness (QED) is 0.393. The Morgan fingerprint density at radius 3 is 2.81 bits per heavy atom. The fourth-order valence-electron chi connectivity index (χ4n) is 2.52. The lowest BCUT2D eigenvalue weighted by Gasteiger charge is -2.26. The van der Waals surface area contributed by atoms with Gasteiger partial charge in [-0.25, -0.2) is 4.79 Å². The molecule has 1 amide bonds. The van der Waals surface area contributed by atoms with E-state index in [1.807, 2.05) is 19.1 Å². The second-order valence-electron chi connectivity index (χ2n) is 6.92. The number of esters is 1. The summed E-state index contributed by atoms with van der Waals surface area (Å²) in [4.78, 5) is 42.7. The van der Waals surface area contributed by atoms with Crippen molar-refractivity contribution in [3.05, 3.63) is 30.1 Å². The minimum atomic E-state index is -0.725. The van der Waals surface area contributed by atoms with E-state index in [2.05, 4.69) is 4.98 Å². The summed E-state index contributed by atoms with van der Waals surface area (Å²) in [7, 11) is 0. The number of ether oxygens (including phenoxy) is 1. The lowest BCUT2D eigenvalue weighted by molar-refractivity contribution is -0.155. The van der Waals surface area contributed by atoms with Gasteiger partial charge in [0, 0.05) is 30.1 Å². The number of pyridine rings is 1. The predicted octanol–water partition coefficient (Wildman–Crippen LogP) is 2.46. The van der Waals surface area contributed by atoms with Crippen molar-refractivity contribution in [3.8, 4) is 0 Å². The molecule has 0 radical (unpaired) electrons. The third-order valence-electron chi connectivity index (χ3n) is 4.62. The number of aromatic nitrogens is 1. The summed E-state index contributed by atoms with van der Waals surface area (Å²) in [5.74, 6) is -0.855. The first kappa shape index (κ1) is 20.4. The predicted molar refractivity (Wildman–Crippen MR) is 101 cm³/mol. The van der Waals surface area contributed by atoms with E-state index in [-0.39, 0.29) is 6.61 Å². The number of hydrogen-bond donors (Lipinski definition) is 0. The molecule has 1 unspecified atom stereocenters. The Balaban J connectivity index is 1.85. The Morgan fingerprint density at radius 2 is 2.15 bits per heavy atom. The largest absolute Gasteiger partial charge is 0.464 e. The zero-order chi connectivity index (χ0) is 19.2. The van der Waals surface area contributed by atoms with Gasteiger partial charge in [0.05, 0.1) is 6.61 Å². The monoisotopic (exact) mass is 378 g/mol. The lowest BCUT2D eigenvalue weighted by Crippen LogP contribution is -2.47. The Kier molecular flexibility index (Phi) is 7.20. The maximum atomic E-state index is 12.5. The fourth-order valence-corrected chi connectivity index (χ4v) is 3.63. The van der Waals surface area contributed by atoms with Gasteiger partial charge in [0.1, 0.15) is 0 Å². The maximum Gasteiger partial charge on any atom is 0.339 e. The summed E-state index contributed by atoms with van der Waals surface area (Å²) in [5, 5.41) is -0.725. The SMILES string of the molecule is CCC(C)(C)C(=O)C(=O)N1CCSC1C(=O)OCCCc1cccnc1. The number of ketones is 1. The summed E-state index contributed by atoms with van der Waals surface area (Å²) in [6.45, 7) is 6.05. The second-order valence-corrected chi connectivity index (χ2v) is 8.11. The van der Waals surface area contributed by atoms with Crippen molar-refractivity contribution in [1.29, 1.82) is 0 Å². The number of rotatable bonds is 8. The first-order valence-electron chi connectivity index (χ1n) is 8.89. The van der Waals surface area contributed by atoms with E-state index >= 15 is 0 Å². The van der Waals surface area contributed by atoms with Crippen LogP contribution in [0.1, 0.15) is 39.2 Å². The first-order chi connectivity index (χ1) is 12.4. The van der Waals surface area contributed by atoms with Crippen molar-refractivity contribution in [2.75, 3.05) is 18.9 Å². The van der Waals surface area contributed by atoms with E-state index in [0.717, 1.165) is 12.0 Å². The van der Waals surface area contributed by atoms with Crippen LogP contribution in [0.4, 0.5) is 0 Å². The Morgan fingerprint density at radius 1 is 1.38 bits per heavy atom. The molecule has 0 N–H and O–H groups in total. The Hall–Kier alpha value is -1.89. The molecule has 1 aliphatic rings. The molecule has 0 aromatic carbocycles. The molecule has 0 bridgehead atoms. The van der Waals surface area contributed by atoms with Crippen molar-refractivity contribution in [2.45, 2.75) is 45.4 Å². The van der Waals surface area contributed by atoms with Gasteiger partial charge in [-0.1, -0.05) is 26.8 Å². The van der Waals surface area contributed by atoms with Crippen LogP contribution in [0.25, 0.3) is 0 Å². The van der Waals surface area contributed by atoms with Crippen LogP contribution in [0.15, 0.2) is 24.5 Å². The molecule has 142 valence electrons. The molecule has 1 fully saturated rings. The highest BCUT2D eigenvalue weighted by Crippen LogP contribution is 2.28. The van der Waals surface area contributed by atoms with Gasteiger partial charge in [0.15, 0.2) is 5.37 Å². The van der Waals surface area contributed by atoms with Crippen LogP contribution in [0.3, 0.4) is 0 Å². The van der Waals surface area contributed by atoms with Crippen LogP contribution < -0.4 is 0 Å². The van der Waals surface area contributed by atoms with E-state index in [4.69, 9.17) is 4.74 Å². The highest BCUT2D eigenvalue weighted by molar-refractivity contribution is 8.00. The van der Waals surface area contributed by atoms with Gasteiger partial charge in [0.2, 0.25) is 5.78 Å². The fraction of sp³-hybridized carbons (Fsp3) is 0.579. The van der Waals surface area contributed by atoms with Gasteiger partial charge < -0.3 is 9.64 Å². The standard InChI is InChI=1S/C19H26N2O4S/c1-4-19(2,3)15(22)16(23)21-10-12-26-17(21)18(24)25-11-6-8-14-7-5-9-20-13-14/h5,7,9,13,17H,4,6,8,10-12H2,1-3H3. The van der Waals surface area contributed by atoms with Crippen LogP contribution in [0.5, 0.6) is 0 Å². The van der Waals surface area contributed by atoms with E-state index < -0.39 is 28.4 Å². The average Bonchev–Trinajstić information content (AvgIpc) is 3.14. The summed E-state index contributed by atoms with van der Waals surface area (Å²) in [6, 6.07) is 3.85. The molecular formula is C19H26N2O4S. The smallest absolute Gasteiger partial charge is 0.339 e. The molecule has 0 aliphatic carbocycles. The van der Waals surface area contributed by atoms with Gasteiger partial charge in [-0.2, -0.15) is 0 Å². The van der Waals surface area contributed by atoms with Gasteiger partial charge in [0.25, 0.3) is 5.91 Å². The van der Waals surface area contributed by atoms with Gasteiger partial charge in [-0.15, -0.1) is 11.8 Å². The number of hydrogen-bond acceptors (Lipinski definition) is 6. The van der Waals surface area contributed by atoms with E-state index in [0.29, 0.717) is 25.1 Å². The molecule has 6 nitrogen and oxygen atoms in total. The number of nitrogens with zero attached hydrogens (tertiary/aromatic N) is 2. The van der Waals surface area contributed by atoms with Crippen molar-refractivity contribution >= 4 is 29.4 Å². The number of carbonyl (C=O) groups is 3. The second kappa shape index (κ2) is 9.16. The number of thioether (sulfide) groups is 1. The third-order valence-corrected chi connectivity index (χ3v) is 5.80. The maximum absolute atomic E-state index is 12.5. The van der Waals surface area contributed by atoms with Crippen molar-refractivity contribution < 1.29 is 19.1 Å². The molecule has 1 atom stereocenters. The minimum Gasteiger partial charge on any atom is -0.464 e. The zero-order valence-electron chi connectivity index (χ0n) is 15.6. The lowest BCUT2D eigenvalue weighted by atomic mass is 9.84. The van der Waals surface area contributed by atoms with Crippen molar-refractivity contribution in [2.24, 2.45) is 5.41 Å². The molecule has 2 heterocycles. The van der Waals surface area contributed by atoms with Gasteiger partial charge >= 0.3 is 5.97 Å². The first-order valence-corrected chi connectivity index (χ1v) is 9.94. The van der Waals surface area contributed by atoms with E-state index in [1.165, 1.54) is 16.7 Å². The highest BCUT2D eigenvalue weighted by atomic mass is 32.2. The Bertz CT molecular complexity index is 648. The molecule has 2 rings (SSSR count). The minimum absolute atomic E-state index is 0.279. The van der Waals surface area contributed by atoms with Gasteiger partial charge in [-0.05, 0) is 30.9 Å². The van der Waals surface area contributed by atoms with Crippen LogP contribution in [-0.2, 0) is 25.5 Å². The van der Waals surface area contributed by atoms with Crippen LogP contribution in [-0.4, -0.2) is 51.8 Å². The van der Waals surface area contributed by atoms with Crippen molar-refractivity contribution in [3.63, 3.8) is 0 Å². The number of aryl methyl sites for hydroxylation is 1. The number of carbonyl (C=O) groups excluding carboxylic acids is 3. The summed E-state index contributed by atoms with van der Waals surface area (Å²) in [6.07, 6.45) is 5.53. The molecule has 0 saturated carbocycles.